The number of carbonyl (C=O) groups is 1. The van der Waals surface area contributed by atoms with Crippen molar-refractivity contribution in [3.05, 3.63) is 64.7 Å². The Kier molecular flexibility index (Phi) is 6.61. The number of halogens is 4. The van der Waals surface area contributed by atoms with Crippen LogP contribution in [0.2, 0.25) is 5.02 Å². The Morgan fingerprint density at radius 3 is 2.32 bits per heavy atom. The molecule has 0 aliphatic heterocycles. The highest BCUT2D eigenvalue weighted by Crippen LogP contribution is 2.32. The Hall–Kier alpha value is -2.26. The van der Waals surface area contributed by atoms with Gasteiger partial charge in [0.1, 0.15) is 6.04 Å². The van der Waals surface area contributed by atoms with Crippen molar-refractivity contribution >= 4 is 33.2 Å². The molecule has 5 nitrogen and oxygen atoms in total. The molecule has 0 heterocycles. The monoisotopic (exact) mass is 434 g/mol. The van der Waals surface area contributed by atoms with E-state index in [2.05, 4.69) is 5.32 Å². The second-order valence-electron chi connectivity index (χ2n) is 6.13. The van der Waals surface area contributed by atoms with Crippen LogP contribution >= 0.6 is 11.6 Å². The lowest BCUT2D eigenvalue weighted by Crippen LogP contribution is -2.47. The molecule has 152 valence electrons. The topological polar surface area (TPSA) is 66.5 Å². The van der Waals surface area contributed by atoms with Crippen LogP contribution in [0, 0.1) is 0 Å². The molecule has 0 radical (unpaired) electrons. The van der Waals surface area contributed by atoms with Gasteiger partial charge in [-0.3, -0.25) is 9.10 Å². The smallest absolute Gasteiger partial charge is 0.350 e. The SMILES string of the molecule is CC(C(=O)NCc1ccc(Cl)cc1)N(c1cccc(C(F)(F)F)c1)S(C)(=O)=O. The largest absolute Gasteiger partial charge is 0.416 e. The molecule has 1 amide bonds. The number of nitrogens with zero attached hydrogens (tertiary/aromatic N) is 1. The third-order valence-corrected chi connectivity index (χ3v) is 5.39. The highest BCUT2D eigenvalue weighted by molar-refractivity contribution is 7.92. The van der Waals surface area contributed by atoms with E-state index in [0.717, 1.165) is 24.0 Å². The predicted octanol–water partition coefficient (Wildman–Crippen LogP) is 3.83. The molecule has 1 unspecified atom stereocenters. The summed E-state index contributed by atoms with van der Waals surface area (Å²) in [4.78, 5) is 12.5. The lowest BCUT2D eigenvalue weighted by molar-refractivity contribution is -0.137. The zero-order valence-corrected chi connectivity index (χ0v) is 16.6. The number of sulfonamides is 1. The molecule has 28 heavy (non-hydrogen) atoms. The van der Waals surface area contributed by atoms with E-state index in [4.69, 9.17) is 11.6 Å². The van der Waals surface area contributed by atoms with Gasteiger partial charge in [0, 0.05) is 11.6 Å². The van der Waals surface area contributed by atoms with Crippen LogP contribution in [0.4, 0.5) is 18.9 Å². The zero-order valence-electron chi connectivity index (χ0n) is 15.0. The Morgan fingerprint density at radius 2 is 1.79 bits per heavy atom. The van der Waals surface area contributed by atoms with Crippen LogP contribution in [0.3, 0.4) is 0 Å². The van der Waals surface area contributed by atoms with Crippen LogP contribution in [0.1, 0.15) is 18.1 Å². The Morgan fingerprint density at radius 1 is 1.18 bits per heavy atom. The molecule has 2 rings (SSSR count). The van der Waals surface area contributed by atoms with Crippen molar-refractivity contribution in [1.29, 1.82) is 0 Å². The van der Waals surface area contributed by atoms with E-state index in [0.29, 0.717) is 15.4 Å². The van der Waals surface area contributed by atoms with E-state index in [1.807, 2.05) is 0 Å². The van der Waals surface area contributed by atoms with Gasteiger partial charge in [0.05, 0.1) is 17.5 Å². The molecule has 2 aromatic rings. The first-order valence-corrected chi connectivity index (χ1v) is 10.3. The zero-order chi connectivity index (χ0) is 21.1. The third kappa shape index (κ3) is 5.62. The van der Waals surface area contributed by atoms with Crippen molar-refractivity contribution in [2.24, 2.45) is 0 Å². The number of benzene rings is 2. The molecule has 10 heteroatoms. The highest BCUT2D eigenvalue weighted by atomic mass is 35.5. The molecule has 1 atom stereocenters. The summed E-state index contributed by atoms with van der Waals surface area (Å²) in [6.45, 7) is 1.42. The minimum Gasteiger partial charge on any atom is -0.350 e. The van der Waals surface area contributed by atoms with Gasteiger partial charge in [0.25, 0.3) is 0 Å². The Labute approximate surface area is 166 Å². The van der Waals surface area contributed by atoms with Gasteiger partial charge in [-0.05, 0) is 42.8 Å². The van der Waals surface area contributed by atoms with Crippen LogP contribution < -0.4 is 9.62 Å². The molecule has 1 N–H and O–H groups in total. The van der Waals surface area contributed by atoms with Gasteiger partial charge in [-0.2, -0.15) is 13.2 Å². The summed E-state index contributed by atoms with van der Waals surface area (Å²) < 4.78 is 64.0. The first-order valence-electron chi connectivity index (χ1n) is 8.08. The molecule has 0 spiro atoms. The second-order valence-corrected chi connectivity index (χ2v) is 8.42. The number of anilines is 1. The lowest BCUT2D eigenvalue weighted by atomic mass is 10.1. The summed E-state index contributed by atoms with van der Waals surface area (Å²) in [5, 5.41) is 3.10. The molecule has 0 saturated heterocycles. The first kappa shape index (κ1) is 22.0. The van der Waals surface area contributed by atoms with E-state index in [1.54, 1.807) is 24.3 Å². The molecular formula is C18H18ClF3N2O3S. The van der Waals surface area contributed by atoms with Gasteiger partial charge in [0.15, 0.2) is 0 Å². The lowest BCUT2D eigenvalue weighted by Gasteiger charge is -2.28. The average molecular weight is 435 g/mol. The number of rotatable bonds is 6. The van der Waals surface area contributed by atoms with Gasteiger partial charge in [-0.1, -0.05) is 29.8 Å². The summed E-state index contributed by atoms with van der Waals surface area (Å²) in [5.74, 6) is -0.655. The fourth-order valence-corrected chi connectivity index (χ4v) is 3.86. The number of hydrogen-bond donors (Lipinski definition) is 1. The van der Waals surface area contributed by atoms with E-state index < -0.39 is 33.7 Å². The number of carbonyl (C=O) groups excluding carboxylic acids is 1. The second kappa shape index (κ2) is 8.40. The van der Waals surface area contributed by atoms with Crippen molar-refractivity contribution in [1.82, 2.24) is 5.32 Å². The average Bonchev–Trinajstić information content (AvgIpc) is 2.59. The van der Waals surface area contributed by atoms with Crippen LogP contribution in [-0.4, -0.2) is 26.6 Å². The maximum Gasteiger partial charge on any atom is 0.416 e. The van der Waals surface area contributed by atoms with Crippen LogP contribution in [0.25, 0.3) is 0 Å². The van der Waals surface area contributed by atoms with Gasteiger partial charge in [-0.15, -0.1) is 0 Å². The van der Waals surface area contributed by atoms with Crippen molar-refractivity contribution in [3.8, 4) is 0 Å². The van der Waals surface area contributed by atoms with E-state index in [-0.39, 0.29) is 12.2 Å². The van der Waals surface area contributed by atoms with E-state index >= 15 is 0 Å². The van der Waals surface area contributed by atoms with Crippen molar-refractivity contribution in [2.75, 3.05) is 10.6 Å². The van der Waals surface area contributed by atoms with Crippen molar-refractivity contribution in [2.45, 2.75) is 25.7 Å². The fourth-order valence-electron chi connectivity index (χ4n) is 2.57. The normalized spacial score (nSPS) is 13.1. The Balaban J connectivity index is 2.25. The van der Waals surface area contributed by atoms with E-state index in [9.17, 15) is 26.4 Å². The third-order valence-electron chi connectivity index (χ3n) is 3.90. The summed E-state index contributed by atoms with van der Waals surface area (Å²) in [5.41, 5.74) is -0.520. The number of hydrogen-bond acceptors (Lipinski definition) is 3. The van der Waals surface area contributed by atoms with E-state index in [1.165, 1.54) is 13.0 Å². The minimum atomic E-state index is -4.64. The molecule has 0 bridgehead atoms. The predicted molar refractivity (Wildman–Crippen MR) is 102 cm³/mol. The fraction of sp³-hybridized carbons (Fsp3) is 0.278. The van der Waals surface area contributed by atoms with Crippen LogP contribution in [0.15, 0.2) is 48.5 Å². The minimum absolute atomic E-state index is 0.112. The summed E-state index contributed by atoms with van der Waals surface area (Å²) in [6, 6.07) is 9.22. The molecule has 0 saturated carbocycles. The maximum atomic E-state index is 13.0. The van der Waals surface area contributed by atoms with Crippen LogP contribution in [0.5, 0.6) is 0 Å². The number of amides is 1. The molecule has 2 aromatic carbocycles. The maximum absolute atomic E-state index is 13.0. The Bertz CT molecular complexity index is 947. The highest BCUT2D eigenvalue weighted by Gasteiger charge is 2.34. The molecule has 0 aliphatic rings. The van der Waals surface area contributed by atoms with Crippen molar-refractivity contribution < 1.29 is 26.4 Å². The summed E-state index contributed by atoms with van der Waals surface area (Å²) >= 11 is 5.79. The standard InChI is InChI=1S/C18H18ClF3N2O3S/c1-12(17(25)23-11-13-6-8-15(19)9-7-13)24(28(2,26)27)16-5-3-4-14(10-16)18(20,21)22/h3-10,12H,11H2,1-2H3,(H,23,25). The van der Waals surface area contributed by atoms with Crippen LogP contribution in [-0.2, 0) is 27.5 Å². The molecule has 0 aliphatic carbocycles. The molecule has 0 aromatic heterocycles. The summed E-state index contributed by atoms with van der Waals surface area (Å²) in [7, 11) is -4.03. The number of alkyl halides is 3. The molecule has 0 fully saturated rings. The van der Waals surface area contributed by atoms with Crippen molar-refractivity contribution in [3.63, 3.8) is 0 Å². The van der Waals surface area contributed by atoms with Gasteiger partial charge >= 0.3 is 6.18 Å². The van der Waals surface area contributed by atoms with Gasteiger partial charge in [-0.25, -0.2) is 8.42 Å². The summed E-state index contributed by atoms with van der Waals surface area (Å²) in [6.07, 6.45) is -3.81. The number of nitrogens with one attached hydrogen (secondary N) is 1. The first-order chi connectivity index (χ1) is 12.9. The van der Waals surface area contributed by atoms with Gasteiger partial charge < -0.3 is 5.32 Å². The quantitative estimate of drug-likeness (QED) is 0.751. The molecular weight excluding hydrogens is 417 g/mol. The van der Waals surface area contributed by atoms with Gasteiger partial charge in [0.2, 0.25) is 15.9 Å².